The minimum absolute atomic E-state index is 0.0453. The number of ether oxygens (including phenoxy) is 2. The maximum atomic E-state index is 13.4. The molecule has 12 heteroatoms. The molecule has 0 amide bonds. The van der Waals surface area contributed by atoms with E-state index in [1.165, 1.54) is 6.92 Å². The van der Waals surface area contributed by atoms with Gasteiger partial charge in [-0.1, -0.05) is 18.5 Å². The third-order valence-electron chi connectivity index (χ3n) is 6.42. The number of piperidine rings is 1. The van der Waals surface area contributed by atoms with Crippen LogP contribution in [0.5, 0.6) is 11.6 Å². The van der Waals surface area contributed by atoms with Gasteiger partial charge in [0.25, 0.3) is 0 Å². The molecule has 0 aliphatic carbocycles. The largest absolute Gasteiger partial charge is 0.490 e. The Morgan fingerprint density at radius 1 is 1.22 bits per heavy atom. The molecule has 2 aliphatic heterocycles. The molecular weight excluding hydrogens is 501 g/mol. The maximum absolute atomic E-state index is 13.4. The fraction of sp³-hybridized carbons (Fsp3) is 0.458. The quantitative estimate of drug-likeness (QED) is 0.542. The first-order chi connectivity index (χ1) is 17.1. The van der Waals surface area contributed by atoms with Gasteiger partial charge >= 0.3 is 12.1 Å². The van der Waals surface area contributed by atoms with E-state index < -0.39 is 36.2 Å². The topological polar surface area (TPSA) is 87.5 Å². The number of hydrazone groups is 1. The summed E-state index contributed by atoms with van der Waals surface area (Å²) in [6.07, 6.45) is -2.10. The molecule has 2 aliphatic rings. The molecule has 2 aromatic rings. The van der Waals surface area contributed by atoms with Crippen LogP contribution in [0.3, 0.4) is 0 Å². The Kier molecular flexibility index (Phi) is 7.49. The molecule has 0 spiro atoms. The third kappa shape index (κ3) is 5.61. The van der Waals surface area contributed by atoms with Gasteiger partial charge in [0.15, 0.2) is 0 Å². The van der Waals surface area contributed by atoms with E-state index >= 15 is 0 Å². The predicted molar refractivity (Wildman–Crippen MR) is 129 cm³/mol. The zero-order valence-electron chi connectivity index (χ0n) is 19.7. The number of methoxy groups -OCH3 is 1. The third-order valence-corrected chi connectivity index (χ3v) is 6.71. The Morgan fingerprint density at radius 3 is 2.47 bits per heavy atom. The number of pyridine rings is 1. The second-order valence-electron chi connectivity index (χ2n) is 8.76. The minimum atomic E-state index is -4.63. The summed E-state index contributed by atoms with van der Waals surface area (Å²) in [6.45, 7) is 2.78. The van der Waals surface area contributed by atoms with Crippen molar-refractivity contribution in [3.63, 3.8) is 0 Å². The normalized spacial score (nSPS) is 20.9. The highest BCUT2D eigenvalue weighted by Crippen LogP contribution is 2.37. The summed E-state index contributed by atoms with van der Waals surface area (Å²) in [4.78, 5) is 17.5. The van der Waals surface area contributed by atoms with Crippen molar-refractivity contribution >= 4 is 34.7 Å². The molecule has 0 unspecified atom stereocenters. The number of hydrogen-bond acceptors (Lipinski definition) is 7. The summed E-state index contributed by atoms with van der Waals surface area (Å²) < 4.78 is 51.4. The van der Waals surface area contributed by atoms with Crippen molar-refractivity contribution in [2.75, 3.05) is 30.1 Å². The van der Waals surface area contributed by atoms with Crippen LogP contribution in [-0.2, 0) is 4.79 Å². The van der Waals surface area contributed by atoms with Gasteiger partial charge in [0.1, 0.15) is 17.6 Å². The van der Waals surface area contributed by atoms with Crippen molar-refractivity contribution in [2.45, 2.75) is 44.5 Å². The summed E-state index contributed by atoms with van der Waals surface area (Å²) in [7, 11) is 1.55. The van der Waals surface area contributed by atoms with E-state index in [9.17, 15) is 23.1 Å². The number of anilines is 2. The fourth-order valence-electron chi connectivity index (χ4n) is 4.53. The van der Waals surface area contributed by atoms with Crippen LogP contribution in [-0.4, -0.2) is 60.3 Å². The molecule has 36 heavy (non-hydrogen) atoms. The van der Waals surface area contributed by atoms with Gasteiger partial charge in [0.2, 0.25) is 5.88 Å². The monoisotopic (exact) mass is 526 g/mol. The molecule has 1 N–H and O–H groups in total. The van der Waals surface area contributed by atoms with Crippen LogP contribution in [0.2, 0.25) is 5.02 Å². The number of carbonyl (C=O) groups is 1. The Labute approximate surface area is 211 Å². The zero-order chi connectivity index (χ0) is 26.0. The van der Waals surface area contributed by atoms with Gasteiger partial charge in [-0.25, -0.2) is 4.98 Å². The number of rotatable bonds is 7. The summed E-state index contributed by atoms with van der Waals surface area (Å²) in [5.41, 5.74) is 0.240. The van der Waals surface area contributed by atoms with E-state index in [-0.39, 0.29) is 6.10 Å². The highest BCUT2D eigenvalue weighted by molar-refractivity contribution is 6.33. The number of aromatic nitrogens is 1. The highest BCUT2D eigenvalue weighted by atomic mass is 35.5. The van der Waals surface area contributed by atoms with Crippen molar-refractivity contribution in [3.05, 3.63) is 41.6 Å². The van der Waals surface area contributed by atoms with Gasteiger partial charge < -0.3 is 19.5 Å². The second-order valence-corrected chi connectivity index (χ2v) is 9.16. The summed E-state index contributed by atoms with van der Waals surface area (Å²) in [5, 5.41) is 14.6. The lowest BCUT2D eigenvalue weighted by atomic mass is 9.94. The molecule has 0 saturated carbocycles. The average molecular weight is 527 g/mol. The van der Waals surface area contributed by atoms with Crippen LogP contribution in [0.15, 0.2) is 41.6 Å². The lowest BCUT2D eigenvalue weighted by molar-refractivity contribution is -0.137. The fourth-order valence-corrected chi connectivity index (χ4v) is 4.75. The second kappa shape index (κ2) is 10.4. The molecule has 1 fully saturated rings. The van der Waals surface area contributed by atoms with Gasteiger partial charge in [0, 0.05) is 37.9 Å². The lowest BCUT2D eigenvalue weighted by Crippen LogP contribution is -2.38. The van der Waals surface area contributed by atoms with Gasteiger partial charge in [-0.3, -0.25) is 9.80 Å². The first-order valence-corrected chi connectivity index (χ1v) is 11.8. The van der Waals surface area contributed by atoms with Crippen molar-refractivity contribution in [3.8, 4) is 11.6 Å². The zero-order valence-corrected chi connectivity index (χ0v) is 20.5. The van der Waals surface area contributed by atoms with Gasteiger partial charge in [-0.2, -0.15) is 18.3 Å². The number of nitrogens with zero attached hydrogens (tertiary/aromatic N) is 4. The number of carboxylic acid groups (broad SMARTS) is 1. The molecule has 8 nitrogen and oxygen atoms in total. The molecule has 1 aromatic carbocycles. The van der Waals surface area contributed by atoms with Crippen LogP contribution in [0.4, 0.5) is 24.5 Å². The molecular formula is C24H26ClF3N4O4. The predicted octanol–water partition coefficient (Wildman–Crippen LogP) is 5.01. The van der Waals surface area contributed by atoms with E-state index in [0.717, 1.165) is 23.5 Å². The van der Waals surface area contributed by atoms with Gasteiger partial charge in [0.05, 0.1) is 42.2 Å². The molecule has 194 valence electrons. The number of aliphatic carboxylic acids is 1. The van der Waals surface area contributed by atoms with E-state index in [2.05, 4.69) is 15.0 Å². The number of hydrogen-bond donors (Lipinski definition) is 1. The van der Waals surface area contributed by atoms with E-state index in [4.69, 9.17) is 21.1 Å². The lowest BCUT2D eigenvalue weighted by Gasteiger charge is -2.34. The first-order valence-electron chi connectivity index (χ1n) is 11.4. The molecule has 3 heterocycles. The number of alkyl halides is 3. The molecule has 0 bridgehead atoms. The van der Waals surface area contributed by atoms with Crippen LogP contribution < -0.4 is 19.4 Å². The Hall–Kier alpha value is -3.21. The van der Waals surface area contributed by atoms with Crippen molar-refractivity contribution < 1.29 is 32.5 Å². The van der Waals surface area contributed by atoms with Gasteiger partial charge in [-0.05, 0) is 24.3 Å². The summed E-state index contributed by atoms with van der Waals surface area (Å²) in [5.74, 6) is -1.20. The number of carboxylic acids is 1. The molecule has 4 rings (SSSR count). The molecule has 2 atom stereocenters. The Morgan fingerprint density at radius 2 is 1.89 bits per heavy atom. The smallest absolute Gasteiger partial charge is 0.431 e. The van der Waals surface area contributed by atoms with E-state index in [1.807, 2.05) is 0 Å². The molecule has 0 radical (unpaired) electrons. The highest BCUT2D eigenvalue weighted by Gasteiger charge is 2.48. The van der Waals surface area contributed by atoms with Crippen LogP contribution in [0, 0.1) is 5.92 Å². The van der Waals surface area contributed by atoms with Crippen molar-refractivity contribution in [1.29, 1.82) is 0 Å². The maximum Gasteiger partial charge on any atom is 0.431 e. The first kappa shape index (κ1) is 25.9. The van der Waals surface area contributed by atoms with Crippen molar-refractivity contribution in [1.82, 2.24) is 4.98 Å². The van der Waals surface area contributed by atoms with Crippen LogP contribution in [0.1, 0.15) is 26.2 Å². The average Bonchev–Trinajstić information content (AvgIpc) is 3.16. The van der Waals surface area contributed by atoms with E-state index in [0.29, 0.717) is 35.4 Å². The Balaban J connectivity index is 1.41. The van der Waals surface area contributed by atoms with Crippen LogP contribution >= 0.6 is 11.6 Å². The van der Waals surface area contributed by atoms with Gasteiger partial charge in [-0.15, -0.1) is 0 Å². The van der Waals surface area contributed by atoms with E-state index in [1.54, 1.807) is 43.6 Å². The summed E-state index contributed by atoms with van der Waals surface area (Å²) >= 11 is 6.30. The minimum Gasteiger partial charge on any atom is -0.490 e. The summed E-state index contributed by atoms with van der Waals surface area (Å²) in [6, 6.07) is 7.38. The SMILES string of the molecule is COc1cc(N2CCC(Oc3ccc(N4N=C(C(F)(F)F)[C@@H](C)[C@@H]4CC(=O)O)cc3)CC2)c(Cl)cn1. The van der Waals surface area contributed by atoms with Crippen LogP contribution in [0.25, 0.3) is 0 Å². The number of halogens is 4. The Bertz CT molecular complexity index is 1120. The number of benzene rings is 1. The molecule has 1 saturated heterocycles. The van der Waals surface area contributed by atoms with Crippen molar-refractivity contribution in [2.24, 2.45) is 11.0 Å². The standard InChI is InChI=1S/C24H26ClF3N4O4/c1-14-19(12-22(33)34)32(30-23(14)24(26,27)28)15-3-5-16(6-4-15)36-17-7-9-31(10-8-17)20-11-21(35-2)29-13-18(20)25/h3-6,11,13-14,17,19H,7-10,12H2,1-2H3,(H,33,34)/t14-,19-/m0/s1. The molecule has 1 aromatic heterocycles.